The number of allylic oxidation sites excluding steroid dienone is 1. The van der Waals surface area contributed by atoms with E-state index in [0.717, 1.165) is 6.20 Å². The van der Waals surface area contributed by atoms with Crippen LogP contribution in [0.5, 0.6) is 0 Å². The first-order valence-corrected chi connectivity index (χ1v) is 8.81. The number of aliphatic imine (C=N–C) groups is 1. The molecule has 0 radical (unpaired) electrons. The van der Waals surface area contributed by atoms with Crippen LogP contribution in [-0.2, 0) is 4.79 Å². The van der Waals surface area contributed by atoms with E-state index in [1.165, 1.54) is 24.3 Å². The molecule has 3 nitrogen and oxygen atoms in total. The Kier molecular flexibility index (Phi) is 5.78. The fourth-order valence-electron chi connectivity index (χ4n) is 3.03. The van der Waals surface area contributed by atoms with Crippen molar-refractivity contribution in [3.8, 4) is 0 Å². The Morgan fingerprint density at radius 2 is 1.61 bits per heavy atom. The number of nitrogens with zero attached hydrogens (tertiary/aromatic N) is 2. The van der Waals surface area contributed by atoms with Crippen molar-refractivity contribution in [1.29, 1.82) is 0 Å². The van der Waals surface area contributed by atoms with Gasteiger partial charge in [0.15, 0.2) is 12.1 Å². The Hall–Kier alpha value is -3.15. The number of aldehydes is 1. The van der Waals surface area contributed by atoms with Gasteiger partial charge in [-0.3, -0.25) is 4.79 Å². The summed E-state index contributed by atoms with van der Waals surface area (Å²) in [6.07, 6.45) is 3.00. The van der Waals surface area contributed by atoms with E-state index in [1.54, 1.807) is 35.2 Å². The van der Waals surface area contributed by atoms with Crippen molar-refractivity contribution in [1.82, 2.24) is 4.90 Å². The second kappa shape index (κ2) is 8.25. The summed E-state index contributed by atoms with van der Waals surface area (Å²) in [5, 5.41) is 0. The van der Waals surface area contributed by atoms with Gasteiger partial charge in [0, 0.05) is 17.7 Å². The lowest BCUT2D eigenvalue weighted by Crippen LogP contribution is -2.35. The molecular formula is C22H19F3N2O. The zero-order valence-corrected chi connectivity index (χ0v) is 15.4. The van der Waals surface area contributed by atoms with Gasteiger partial charge < -0.3 is 4.90 Å². The predicted octanol–water partition coefficient (Wildman–Crippen LogP) is 5.43. The van der Waals surface area contributed by atoms with Crippen LogP contribution in [0.3, 0.4) is 0 Å². The number of benzene rings is 2. The van der Waals surface area contributed by atoms with Gasteiger partial charge in [0.05, 0.1) is 11.7 Å². The number of rotatable bonds is 5. The summed E-state index contributed by atoms with van der Waals surface area (Å²) >= 11 is 0. The molecule has 0 saturated carbocycles. The van der Waals surface area contributed by atoms with Crippen LogP contribution in [-0.4, -0.2) is 17.0 Å². The van der Waals surface area contributed by atoms with Gasteiger partial charge >= 0.3 is 0 Å². The van der Waals surface area contributed by atoms with Crippen LogP contribution >= 0.6 is 0 Å². The first kappa shape index (κ1) is 19.6. The van der Waals surface area contributed by atoms with Crippen molar-refractivity contribution in [2.24, 2.45) is 10.9 Å². The molecule has 1 atom stereocenters. The highest BCUT2D eigenvalue weighted by molar-refractivity contribution is 5.93. The summed E-state index contributed by atoms with van der Waals surface area (Å²) < 4.78 is 40.5. The number of hydrogen-bond acceptors (Lipinski definition) is 3. The van der Waals surface area contributed by atoms with Gasteiger partial charge in [0.2, 0.25) is 0 Å². The minimum absolute atomic E-state index is 0.0946. The molecule has 0 aromatic heterocycles. The van der Waals surface area contributed by atoms with Crippen LogP contribution in [0.25, 0.3) is 5.70 Å². The van der Waals surface area contributed by atoms with Crippen molar-refractivity contribution in [3.63, 3.8) is 0 Å². The third kappa shape index (κ3) is 4.22. The minimum atomic E-state index is -0.945. The van der Waals surface area contributed by atoms with Gasteiger partial charge in [-0.05, 0) is 48.0 Å². The monoisotopic (exact) mass is 384 g/mol. The number of amidine groups is 1. The number of halogens is 3. The fraction of sp³-hybridized carbons (Fsp3) is 0.182. The predicted molar refractivity (Wildman–Crippen MR) is 103 cm³/mol. The lowest BCUT2D eigenvalue weighted by atomic mass is 9.98. The molecule has 1 heterocycles. The van der Waals surface area contributed by atoms with Gasteiger partial charge in [-0.25, -0.2) is 18.2 Å². The van der Waals surface area contributed by atoms with Crippen molar-refractivity contribution in [2.45, 2.75) is 19.9 Å². The van der Waals surface area contributed by atoms with E-state index in [2.05, 4.69) is 4.99 Å². The largest absolute Gasteiger partial charge is 0.322 e. The van der Waals surface area contributed by atoms with Gasteiger partial charge in [-0.2, -0.15) is 0 Å². The number of carbonyl (C=O) groups is 1. The molecule has 2 aromatic rings. The van der Waals surface area contributed by atoms with Crippen LogP contribution in [0, 0.1) is 17.6 Å². The van der Waals surface area contributed by atoms with Gasteiger partial charge in [0.25, 0.3) is 0 Å². The maximum Gasteiger partial charge on any atom is 0.179 e. The lowest BCUT2D eigenvalue weighted by molar-refractivity contribution is -0.106. The number of hydrogen-bond donors (Lipinski definition) is 0. The molecule has 0 amide bonds. The SMILES string of the molecule is CC(C)C1=NC(c2ccc(F)cc2)=CC(c2ccc(F)cc2)N1/C=C(\F)C=O. The van der Waals surface area contributed by atoms with Crippen LogP contribution < -0.4 is 0 Å². The van der Waals surface area contributed by atoms with E-state index in [9.17, 15) is 18.0 Å². The van der Waals surface area contributed by atoms with E-state index in [0.29, 0.717) is 22.7 Å². The molecule has 0 N–H and O–H groups in total. The molecule has 1 aliphatic rings. The van der Waals surface area contributed by atoms with Gasteiger partial charge in [-0.1, -0.05) is 26.0 Å². The Bertz CT molecular complexity index is 945. The van der Waals surface area contributed by atoms with Crippen LogP contribution in [0.4, 0.5) is 13.2 Å². The summed E-state index contributed by atoms with van der Waals surface area (Å²) in [7, 11) is 0. The zero-order chi connectivity index (χ0) is 20.3. The van der Waals surface area contributed by atoms with Crippen molar-refractivity contribution in [2.75, 3.05) is 0 Å². The molecule has 0 saturated heterocycles. The topological polar surface area (TPSA) is 32.7 Å². The minimum Gasteiger partial charge on any atom is -0.322 e. The average Bonchev–Trinajstić information content (AvgIpc) is 2.69. The van der Waals surface area contributed by atoms with Crippen molar-refractivity contribution in [3.05, 3.63) is 89.4 Å². The molecular weight excluding hydrogens is 365 g/mol. The highest BCUT2D eigenvalue weighted by Crippen LogP contribution is 2.34. The normalized spacial score (nSPS) is 17.4. The maximum absolute atomic E-state index is 13.8. The van der Waals surface area contributed by atoms with Crippen LogP contribution in [0.2, 0.25) is 0 Å². The quantitative estimate of drug-likeness (QED) is 0.509. The van der Waals surface area contributed by atoms with Gasteiger partial charge in [-0.15, -0.1) is 0 Å². The van der Waals surface area contributed by atoms with E-state index < -0.39 is 11.9 Å². The summed E-state index contributed by atoms with van der Waals surface area (Å²) in [4.78, 5) is 17.0. The van der Waals surface area contributed by atoms with Crippen LogP contribution in [0.15, 0.2) is 71.6 Å². The third-order valence-corrected chi connectivity index (χ3v) is 4.36. The molecule has 144 valence electrons. The lowest BCUT2D eigenvalue weighted by Gasteiger charge is -2.35. The summed E-state index contributed by atoms with van der Waals surface area (Å²) in [5.41, 5.74) is 1.99. The molecule has 2 aromatic carbocycles. The first-order valence-electron chi connectivity index (χ1n) is 8.81. The smallest absolute Gasteiger partial charge is 0.179 e. The highest BCUT2D eigenvalue weighted by atomic mass is 19.1. The molecule has 28 heavy (non-hydrogen) atoms. The summed E-state index contributed by atoms with van der Waals surface area (Å²) in [5.74, 6) is -1.25. The molecule has 6 heteroatoms. The second-order valence-corrected chi connectivity index (χ2v) is 6.72. The Labute approximate surface area is 161 Å². The molecule has 0 spiro atoms. The first-order chi connectivity index (χ1) is 13.4. The third-order valence-electron chi connectivity index (χ3n) is 4.36. The van der Waals surface area contributed by atoms with Gasteiger partial charge in [0.1, 0.15) is 17.5 Å². The average molecular weight is 384 g/mol. The zero-order valence-electron chi connectivity index (χ0n) is 15.4. The Balaban J connectivity index is 2.16. The van der Waals surface area contributed by atoms with Crippen molar-refractivity contribution < 1.29 is 18.0 Å². The summed E-state index contributed by atoms with van der Waals surface area (Å²) in [6, 6.07) is 11.2. The van der Waals surface area contributed by atoms with Crippen molar-refractivity contribution >= 4 is 17.8 Å². The van der Waals surface area contributed by atoms with E-state index in [-0.39, 0.29) is 23.8 Å². The molecule has 0 bridgehead atoms. The van der Waals surface area contributed by atoms with Crippen LogP contribution in [0.1, 0.15) is 31.0 Å². The molecule has 0 fully saturated rings. The fourth-order valence-corrected chi connectivity index (χ4v) is 3.03. The maximum atomic E-state index is 13.8. The van der Waals surface area contributed by atoms with E-state index in [1.807, 2.05) is 13.8 Å². The molecule has 3 rings (SSSR count). The second-order valence-electron chi connectivity index (χ2n) is 6.72. The highest BCUT2D eigenvalue weighted by Gasteiger charge is 2.28. The standard InChI is InChI=1S/C22H19F3N2O/c1-14(2)22-26-20(15-3-7-17(23)8-4-15)11-21(27(22)12-19(25)13-28)16-5-9-18(24)10-6-16/h3-14,21H,1-2H3/b19-12-. The Morgan fingerprint density at radius 1 is 1.04 bits per heavy atom. The number of carbonyl (C=O) groups excluding carboxylic acids is 1. The van der Waals surface area contributed by atoms with E-state index in [4.69, 9.17) is 0 Å². The molecule has 1 aliphatic heterocycles. The molecule has 1 unspecified atom stereocenters. The molecule has 0 aliphatic carbocycles. The van der Waals surface area contributed by atoms with E-state index >= 15 is 0 Å². The summed E-state index contributed by atoms with van der Waals surface area (Å²) in [6.45, 7) is 3.79. The Morgan fingerprint density at radius 3 is 2.14 bits per heavy atom.